The maximum atomic E-state index is 12.5. The van der Waals surface area contributed by atoms with Gasteiger partial charge in [0.25, 0.3) is 11.1 Å². The first-order valence-corrected chi connectivity index (χ1v) is 9.29. The highest BCUT2D eigenvalue weighted by molar-refractivity contribution is 8.18. The summed E-state index contributed by atoms with van der Waals surface area (Å²) in [4.78, 5) is 38.1. The van der Waals surface area contributed by atoms with E-state index in [1.807, 2.05) is 31.2 Å². The second-order valence-electron chi connectivity index (χ2n) is 6.13. The van der Waals surface area contributed by atoms with Gasteiger partial charge in [-0.15, -0.1) is 0 Å². The number of carbonyl (C=O) groups excluding carboxylic acids is 3. The van der Waals surface area contributed by atoms with Crippen molar-refractivity contribution in [2.24, 2.45) is 0 Å². The van der Waals surface area contributed by atoms with E-state index in [1.165, 1.54) is 0 Å². The number of nitrogens with one attached hydrogen (secondary N) is 1. The van der Waals surface area contributed by atoms with Crippen LogP contribution in [-0.2, 0) is 14.3 Å². The third-order valence-electron chi connectivity index (χ3n) is 4.07. The number of imide groups is 1. The number of benzene rings is 1. The topological polar surface area (TPSA) is 79.0 Å². The Bertz CT molecular complexity index is 744. The van der Waals surface area contributed by atoms with Gasteiger partial charge in [0.05, 0.1) is 18.1 Å². The SMILES string of the molecule is Cc1cccc(/C=C2\SC(=O)N(CCC(=O)NN3CCOCC3)C2=O)c1. The lowest BCUT2D eigenvalue weighted by atomic mass is 10.1. The summed E-state index contributed by atoms with van der Waals surface area (Å²) >= 11 is 0.910. The molecule has 1 N–H and O–H groups in total. The van der Waals surface area contributed by atoms with E-state index in [-0.39, 0.29) is 30.0 Å². The van der Waals surface area contributed by atoms with Crippen LogP contribution in [0.5, 0.6) is 0 Å². The predicted molar refractivity (Wildman–Crippen MR) is 99.0 cm³/mol. The maximum Gasteiger partial charge on any atom is 0.293 e. The highest BCUT2D eigenvalue weighted by Crippen LogP contribution is 2.32. The van der Waals surface area contributed by atoms with Gasteiger partial charge in [-0.25, -0.2) is 5.01 Å². The summed E-state index contributed by atoms with van der Waals surface area (Å²) in [5.41, 5.74) is 4.73. The highest BCUT2D eigenvalue weighted by atomic mass is 32.2. The molecule has 0 unspecified atom stereocenters. The first kappa shape index (κ1) is 18.6. The van der Waals surface area contributed by atoms with E-state index in [9.17, 15) is 14.4 Å². The molecular formula is C18H21N3O4S. The Kier molecular flexibility index (Phi) is 6.08. The summed E-state index contributed by atoms with van der Waals surface area (Å²) in [6.45, 7) is 4.46. The van der Waals surface area contributed by atoms with Gasteiger partial charge in [-0.05, 0) is 30.3 Å². The first-order valence-electron chi connectivity index (χ1n) is 8.47. The van der Waals surface area contributed by atoms with Crippen LogP contribution in [0.2, 0.25) is 0 Å². The molecule has 0 spiro atoms. The van der Waals surface area contributed by atoms with Gasteiger partial charge in [-0.1, -0.05) is 29.8 Å². The molecule has 0 saturated carbocycles. The van der Waals surface area contributed by atoms with Gasteiger partial charge in [-0.3, -0.25) is 24.7 Å². The number of hydrazine groups is 1. The van der Waals surface area contributed by atoms with Crippen molar-refractivity contribution in [3.63, 3.8) is 0 Å². The molecule has 0 aliphatic carbocycles. The molecule has 8 heteroatoms. The molecule has 7 nitrogen and oxygen atoms in total. The smallest absolute Gasteiger partial charge is 0.293 e. The molecule has 26 heavy (non-hydrogen) atoms. The number of thioether (sulfide) groups is 1. The molecule has 2 saturated heterocycles. The number of hydrogen-bond acceptors (Lipinski definition) is 6. The fraction of sp³-hybridized carbons (Fsp3) is 0.389. The number of amides is 3. The van der Waals surface area contributed by atoms with Crippen LogP contribution < -0.4 is 5.43 Å². The first-order chi connectivity index (χ1) is 12.5. The van der Waals surface area contributed by atoms with Gasteiger partial charge in [0.2, 0.25) is 5.91 Å². The third kappa shape index (κ3) is 4.72. The maximum absolute atomic E-state index is 12.5. The molecular weight excluding hydrogens is 354 g/mol. The predicted octanol–water partition coefficient (Wildman–Crippen LogP) is 1.78. The van der Waals surface area contributed by atoms with E-state index in [2.05, 4.69) is 5.43 Å². The molecule has 1 aromatic rings. The van der Waals surface area contributed by atoms with Crippen molar-refractivity contribution < 1.29 is 19.1 Å². The van der Waals surface area contributed by atoms with Crippen molar-refractivity contribution in [2.45, 2.75) is 13.3 Å². The second-order valence-corrected chi connectivity index (χ2v) is 7.13. The van der Waals surface area contributed by atoms with Gasteiger partial charge in [0.15, 0.2) is 0 Å². The number of aryl methyl sites for hydroxylation is 1. The summed E-state index contributed by atoms with van der Waals surface area (Å²) in [7, 11) is 0. The quantitative estimate of drug-likeness (QED) is 0.791. The van der Waals surface area contributed by atoms with Crippen LogP contribution in [-0.4, -0.2) is 59.8 Å². The molecule has 2 aliphatic rings. The Labute approximate surface area is 156 Å². The molecule has 0 atom stereocenters. The molecule has 2 heterocycles. The third-order valence-corrected chi connectivity index (χ3v) is 4.98. The Balaban J connectivity index is 1.56. The minimum atomic E-state index is -0.347. The van der Waals surface area contributed by atoms with Gasteiger partial charge < -0.3 is 4.74 Å². The minimum absolute atomic E-state index is 0.0754. The average molecular weight is 375 g/mol. The Morgan fingerprint density at radius 3 is 2.81 bits per heavy atom. The number of morpholine rings is 1. The number of rotatable bonds is 5. The number of hydrogen-bond donors (Lipinski definition) is 1. The minimum Gasteiger partial charge on any atom is -0.379 e. The normalized spacial score (nSPS) is 20.0. The number of carbonyl (C=O) groups is 3. The van der Waals surface area contributed by atoms with Crippen LogP contribution in [0.4, 0.5) is 4.79 Å². The molecule has 2 fully saturated rings. The van der Waals surface area contributed by atoms with Crippen LogP contribution >= 0.6 is 11.8 Å². The summed E-state index contributed by atoms with van der Waals surface area (Å²) in [6, 6.07) is 7.71. The van der Waals surface area contributed by atoms with Crippen molar-refractivity contribution >= 4 is 34.9 Å². The summed E-state index contributed by atoms with van der Waals surface area (Å²) < 4.78 is 5.22. The van der Waals surface area contributed by atoms with Crippen molar-refractivity contribution in [3.8, 4) is 0 Å². The Morgan fingerprint density at radius 1 is 1.31 bits per heavy atom. The lowest BCUT2D eigenvalue weighted by molar-refractivity contribution is -0.128. The molecule has 1 aromatic carbocycles. The zero-order valence-electron chi connectivity index (χ0n) is 14.6. The van der Waals surface area contributed by atoms with Crippen molar-refractivity contribution in [2.75, 3.05) is 32.8 Å². The van der Waals surface area contributed by atoms with E-state index < -0.39 is 0 Å². The van der Waals surface area contributed by atoms with Gasteiger partial charge >= 0.3 is 0 Å². The van der Waals surface area contributed by atoms with Crippen LogP contribution in [0.3, 0.4) is 0 Å². The number of nitrogens with zero attached hydrogens (tertiary/aromatic N) is 2. The Hall–Kier alpha value is -2.16. The second kappa shape index (κ2) is 8.48. The van der Waals surface area contributed by atoms with Crippen LogP contribution in [0.1, 0.15) is 17.5 Å². The lowest BCUT2D eigenvalue weighted by Gasteiger charge is -2.27. The summed E-state index contributed by atoms with van der Waals surface area (Å²) in [6.07, 6.45) is 1.79. The standard InChI is InChI=1S/C18H21N3O4S/c1-13-3-2-4-14(11-13)12-15-17(23)21(18(24)26-15)6-5-16(22)19-20-7-9-25-10-8-20/h2-4,11-12H,5-10H2,1H3,(H,19,22)/b15-12-. The van der Waals surface area contributed by atoms with E-state index >= 15 is 0 Å². The largest absolute Gasteiger partial charge is 0.379 e. The molecule has 0 bridgehead atoms. The summed E-state index contributed by atoms with van der Waals surface area (Å²) in [5.74, 6) is -0.561. The summed E-state index contributed by atoms with van der Waals surface area (Å²) in [5, 5.41) is 1.45. The monoisotopic (exact) mass is 375 g/mol. The van der Waals surface area contributed by atoms with E-state index in [1.54, 1.807) is 11.1 Å². The van der Waals surface area contributed by atoms with Gasteiger partial charge in [0, 0.05) is 26.1 Å². The van der Waals surface area contributed by atoms with Crippen molar-refractivity contribution in [3.05, 3.63) is 40.3 Å². The molecule has 138 valence electrons. The molecule has 3 rings (SSSR count). The zero-order valence-corrected chi connectivity index (χ0v) is 15.4. The lowest BCUT2D eigenvalue weighted by Crippen LogP contribution is -2.49. The van der Waals surface area contributed by atoms with E-state index in [4.69, 9.17) is 4.74 Å². The number of ether oxygens (including phenoxy) is 1. The van der Waals surface area contributed by atoms with E-state index in [0.717, 1.165) is 27.8 Å². The van der Waals surface area contributed by atoms with Crippen LogP contribution in [0.15, 0.2) is 29.2 Å². The van der Waals surface area contributed by atoms with Crippen molar-refractivity contribution in [1.82, 2.24) is 15.3 Å². The highest BCUT2D eigenvalue weighted by Gasteiger charge is 2.35. The molecule has 0 aromatic heterocycles. The van der Waals surface area contributed by atoms with E-state index in [0.29, 0.717) is 31.2 Å². The fourth-order valence-corrected chi connectivity index (χ4v) is 3.59. The molecule has 0 radical (unpaired) electrons. The van der Waals surface area contributed by atoms with Crippen LogP contribution in [0, 0.1) is 6.92 Å². The van der Waals surface area contributed by atoms with Gasteiger partial charge in [-0.2, -0.15) is 0 Å². The zero-order chi connectivity index (χ0) is 18.5. The molecule has 3 amide bonds. The fourth-order valence-electron chi connectivity index (χ4n) is 2.72. The Morgan fingerprint density at radius 2 is 2.08 bits per heavy atom. The molecule has 2 aliphatic heterocycles. The van der Waals surface area contributed by atoms with Gasteiger partial charge in [0.1, 0.15) is 0 Å². The average Bonchev–Trinajstić information content (AvgIpc) is 2.87. The van der Waals surface area contributed by atoms with Crippen molar-refractivity contribution in [1.29, 1.82) is 0 Å². The van der Waals surface area contributed by atoms with Crippen LogP contribution in [0.25, 0.3) is 6.08 Å².